The molecule has 0 bridgehead atoms. The first-order valence-corrected chi connectivity index (χ1v) is 4.27. The molecule has 0 spiro atoms. The summed E-state index contributed by atoms with van der Waals surface area (Å²) in [4.78, 5) is 1.24. The van der Waals surface area contributed by atoms with E-state index in [2.05, 4.69) is 12.3 Å². The second-order valence-electron chi connectivity index (χ2n) is 1.88. The molecule has 0 amide bonds. The van der Waals surface area contributed by atoms with Gasteiger partial charge in [0.15, 0.2) is 0 Å². The highest BCUT2D eigenvalue weighted by Crippen LogP contribution is 2.19. The molecule has 0 radical (unpaired) electrons. The highest BCUT2D eigenvalue weighted by Gasteiger charge is 1.91. The Balaban J connectivity index is 0. The van der Waals surface area contributed by atoms with E-state index in [4.69, 9.17) is 4.74 Å². The van der Waals surface area contributed by atoms with E-state index in [0.717, 1.165) is 5.75 Å². The normalized spacial score (nSPS) is 7.83. The fourth-order valence-corrected chi connectivity index (χ4v) is 1.18. The van der Waals surface area contributed by atoms with Crippen LogP contribution in [0, 0.1) is 0 Å². The van der Waals surface area contributed by atoms with Crippen LogP contribution in [0.1, 0.15) is 0 Å². The van der Waals surface area contributed by atoms with Crippen molar-refractivity contribution in [2.75, 3.05) is 13.4 Å². The van der Waals surface area contributed by atoms with Gasteiger partial charge in [0.25, 0.3) is 0 Å². The average Bonchev–Trinajstić information content (AvgIpc) is 2.05. The van der Waals surface area contributed by atoms with Crippen molar-refractivity contribution in [1.82, 2.24) is 0 Å². The molecule has 1 nitrogen and oxygen atoms in total. The minimum atomic E-state index is 0. The first kappa shape index (κ1) is 14.5. The van der Waals surface area contributed by atoms with Crippen molar-refractivity contribution in [1.29, 1.82) is 0 Å². The molecule has 0 heterocycles. The molecule has 0 saturated carbocycles. The lowest BCUT2D eigenvalue weighted by Crippen LogP contribution is -1.81. The first-order valence-electron chi connectivity index (χ1n) is 3.05. The van der Waals surface area contributed by atoms with E-state index in [-0.39, 0.29) is 24.8 Å². The molecule has 70 valence electrons. The molecule has 1 aromatic rings. The molecule has 0 saturated heterocycles. The third-order valence-electron chi connectivity index (χ3n) is 1.28. The summed E-state index contributed by atoms with van der Waals surface area (Å²) in [5.41, 5.74) is 0. The zero-order valence-corrected chi connectivity index (χ0v) is 9.39. The zero-order chi connectivity index (χ0) is 7.40. The van der Waals surface area contributed by atoms with E-state index < -0.39 is 0 Å². The number of rotatable bonds is 2. The van der Waals surface area contributed by atoms with Crippen LogP contribution in [0.4, 0.5) is 0 Å². The van der Waals surface area contributed by atoms with E-state index in [1.54, 1.807) is 18.9 Å². The molecule has 0 aliphatic rings. The van der Waals surface area contributed by atoms with Gasteiger partial charge in [0, 0.05) is 4.90 Å². The molecule has 4 heteroatoms. The smallest absolute Gasteiger partial charge is 0.119 e. The summed E-state index contributed by atoms with van der Waals surface area (Å²) in [6.07, 6.45) is 2.05. The molecule has 0 atom stereocenters. The van der Waals surface area contributed by atoms with Gasteiger partial charge < -0.3 is 4.74 Å². The van der Waals surface area contributed by atoms with Crippen molar-refractivity contribution >= 4 is 36.6 Å². The Morgan fingerprint density at radius 3 is 2.42 bits per heavy atom. The van der Waals surface area contributed by atoms with Crippen LogP contribution < -0.4 is 4.74 Å². The number of hydrogen-bond acceptors (Lipinski definition) is 2. The molecular weight excluding hydrogens is 215 g/mol. The number of benzene rings is 1. The largest absolute Gasteiger partial charge is 0.497 e. The minimum absolute atomic E-state index is 0. The molecule has 0 aromatic heterocycles. The molecule has 0 aliphatic heterocycles. The van der Waals surface area contributed by atoms with Gasteiger partial charge in [-0.15, -0.1) is 36.6 Å². The fraction of sp³-hybridized carbons (Fsp3) is 0.250. The minimum Gasteiger partial charge on any atom is -0.497 e. The first-order chi connectivity index (χ1) is 4.86. The monoisotopic (exact) mass is 226 g/mol. The molecule has 1 aromatic carbocycles. The lowest BCUT2D eigenvalue weighted by molar-refractivity contribution is 0.413. The highest BCUT2D eigenvalue weighted by molar-refractivity contribution is 7.98. The van der Waals surface area contributed by atoms with Crippen LogP contribution in [0.25, 0.3) is 0 Å². The van der Waals surface area contributed by atoms with E-state index in [1.807, 2.05) is 18.2 Å². The van der Waals surface area contributed by atoms with E-state index in [0.29, 0.717) is 0 Å². The molecule has 0 aliphatic carbocycles. The molecule has 0 N–H and O–H groups in total. The summed E-state index contributed by atoms with van der Waals surface area (Å²) < 4.78 is 5.04. The van der Waals surface area contributed by atoms with Crippen molar-refractivity contribution in [3.63, 3.8) is 0 Å². The van der Waals surface area contributed by atoms with Gasteiger partial charge in [-0.25, -0.2) is 0 Å². The Hall–Kier alpha value is -0.0500. The van der Waals surface area contributed by atoms with Crippen molar-refractivity contribution in [2.24, 2.45) is 0 Å². The van der Waals surface area contributed by atoms with E-state index >= 15 is 0 Å². The van der Waals surface area contributed by atoms with E-state index in [1.165, 1.54) is 4.90 Å². The van der Waals surface area contributed by atoms with Gasteiger partial charge >= 0.3 is 0 Å². The summed E-state index contributed by atoms with van der Waals surface area (Å²) >= 11 is 1.72. The zero-order valence-electron chi connectivity index (χ0n) is 6.94. The topological polar surface area (TPSA) is 9.23 Å². The van der Waals surface area contributed by atoms with E-state index in [9.17, 15) is 0 Å². The maximum Gasteiger partial charge on any atom is 0.119 e. The average molecular weight is 227 g/mol. The second kappa shape index (κ2) is 7.59. The number of hydrogen-bond donors (Lipinski definition) is 0. The molecule has 0 unspecified atom stereocenters. The van der Waals surface area contributed by atoms with Crippen LogP contribution in [0.15, 0.2) is 29.2 Å². The Kier molecular flexibility index (Phi) is 9.16. The van der Waals surface area contributed by atoms with Crippen LogP contribution in [0.3, 0.4) is 0 Å². The van der Waals surface area contributed by atoms with Crippen molar-refractivity contribution in [2.45, 2.75) is 4.90 Å². The van der Waals surface area contributed by atoms with Gasteiger partial charge in [0.05, 0.1) is 7.11 Å². The Morgan fingerprint density at radius 1 is 1.25 bits per heavy atom. The van der Waals surface area contributed by atoms with Crippen molar-refractivity contribution < 1.29 is 4.74 Å². The molecule has 1 rings (SSSR count). The van der Waals surface area contributed by atoms with Crippen LogP contribution >= 0.6 is 36.6 Å². The third kappa shape index (κ3) is 4.10. The standard InChI is InChI=1S/C8H10OS.2ClH/c1-9-7-4-3-5-8(6-7)10-2;;/h3-6H,1-2H3;2*1H. The lowest BCUT2D eigenvalue weighted by Gasteiger charge is -1.99. The molecule has 0 fully saturated rings. The van der Waals surface area contributed by atoms with Crippen molar-refractivity contribution in [3.05, 3.63) is 24.3 Å². The number of ether oxygens (including phenoxy) is 1. The maximum atomic E-state index is 5.04. The van der Waals surface area contributed by atoms with Crippen LogP contribution in [0.2, 0.25) is 0 Å². The number of methoxy groups -OCH3 is 1. The highest BCUT2D eigenvalue weighted by atomic mass is 35.5. The third-order valence-corrected chi connectivity index (χ3v) is 2.00. The van der Waals surface area contributed by atoms with Gasteiger partial charge in [0.2, 0.25) is 0 Å². The van der Waals surface area contributed by atoms with Gasteiger partial charge in [-0.2, -0.15) is 0 Å². The summed E-state index contributed by atoms with van der Waals surface area (Å²) in [5.74, 6) is 0.923. The Bertz CT molecular complexity index is 199. The molecule has 12 heavy (non-hydrogen) atoms. The van der Waals surface area contributed by atoms with Crippen molar-refractivity contribution in [3.8, 4) is 5.75 Å². The summed E-state index contributed by atoms with van der Waals surface area (Å²) in [7, 11) is 1.68. The van der Waals surface area contributed by atoms with Crippen LogP contribution in [0.5, 0.6) is 5.75 Å². The van der Waals surface area contributed by atoms with Crippen LogP contribution in [-0.4, -0.2) is 13.4 Å². The second-order valence-corrected chi connectivity index (χ2v) is 2.76. The fourth-order valence-electron chi connectivity index (χ4n) is 0.728. The quantitative estimate of drug-likeness (QED) is 0.717. The Morgan fingerprint density at radius 2 is 1.92 bits per heavy atom. The number of thioether (sulfide) groups is 1. The lowest BCUT2D eigenvalue weighted by atomic mass is 10.3. The summed E-state index contributed by atoms with van der Waals surface area (Å²) in [5, 5.41) is 0. The van der Waals surface area contributed by atoms with Gasteiger partial charge in [-0.3, -0.25) is 0 Å². The SMILES string of the molecule is COc1cccc(SC)c1.Cl.Cl. The predicted octanol–water partition coefficient (Wildman–Crippen LogP) is 3.26. The summed E-state index contributed by atoms with van der Waals surface area (Å²) in [6.45, 7) is 0. The predicted molar refractivity (Wildman–Crippen MR) is 59.3 cm³/mol. The molecular formula is C8H12Cl2OS. The van der Waals surface area contributed by atoms with Gasteiger partial charge in [-0.1, -0.05) is 6.07 Å². The van der Waals surface area contributed by atoms with Crippen LogP contribution in [-0.2, 0) is 0 Å². The maximum absolute atomic E-state index is 5.04. The summed E-state index contributed by atoms with van der Waals surface area (Å²) in [6, 6.07) is 8.02. The van der Waals surface area contributed by atoms with Gasteiger partial charge in [-0.05, 0) is 24.5 Å². The van der Waals surface area contributed by atoms with Gasteiger partial charge in [0.1, 0.15) is 5.75 Å². The Labute approximate surface area is 89.7 Å². The number of halogens is 2.